The summed E-state index contributed by atoms with van der Waals surface area (Å²) in [6.07, 6.45) is 2.52. The number of hydrogen-bond acceptors (Lipinski definition) is 8. The number of carboxylic acid groups (broad SMARTS) is 1. The molecule has 49 heavy (non-hydrogen) atoms. The first-order chi connectivity index (χ1) is 23.7. The van der Waals surface area contributed by atoms with Crippen LogP contribution >= 0.6 is 0 Å². The largest absolute Gasteiger partial charge is 0.496 e. The molecule has 1 heterocycles. The fourth-order valence-electron chi connectivity index (χ4n) is 6.54. The summed E-state index contributed by atoms with van der Waals surface area (Å²) in [5, 5.41) is 12.4. The SMILES string of the molecule is COc1cc(OC)c(CN(C)CC2(Cc3ccc(C(=O)O)cc3)CCN(CC(=O)Nc3ccc(Oc4ccccc4)cc3)CC2)c(OC)c1. The number of piperidine rings is 1. The van der Waals surface area contributed by atoms with E-state index in [0.717, 1.165) is 55.8 Å². The van der Waals surface area contributed by atoms with Crippen LogP contribution in [0.3, 0.4) is 0 Å². The zero-order valence-corrected chi connectivity index (χ0v) is 28.6. The van der Waals surface area contributed by atoms with Crippen molar-refractivity contribution in [1.29, 1.82) is 0 Å². The summed E-state index contributed by atoms with van der Waals surface area (Å²) in [4.78, 5) is 29.0. The van der Waals surface area contributed by atoms with Crippen LogP contribution in [0.15, 0.2) is 91.0 Å². The van der Waals surface area contributed by atoms with Crippen LogP contribution < -0.4 is 24.3 Å². The standard InChI is InChI=1S/C39H45N3O7/c1-41(25-34-35(47-3)22-33(46-2)23-36(34)48-4)27-39(24-28-10-12-29(13-11-28)38(44)45)18-20-42(21-19-39)26-37(43)40-30-14-16-32(17-15-30)49-31-8-6-5-7-9-31/h5-17,22-23H,18-21,24-27H2,1-4H3,(H,40,43)(H,44,45). The van der Waals surface area contributed by atoms with Gasteiger partial charge in [0.05, 0.1) is 39.0 Å². The number of carboxylic acids is 1. The first kappa shape index (κ1) is 35.3. The predicted octanol–water partition coefficient (Wildman–Crippen LogP) is 6.60. The zero-order valence-electron chi connectivity index (χ0n) is 28.6. The number of nitrogens with one attached hydrogen (secondary N) is 1. The average molecular weight is 668 g/mol. The van der Waals surface area contributed by atoms with Crippen LogP contribution in [0.4, 0.5) is 5.69 Å². The van der Waals surface area contributed by atoms with Crippen molar-refractivity contribution < 1.29 is 33.6 Å². The van der Waals surface area contributed by atoms with Gasteiger partial charge in [-0.15, -0.1) is 0 Å². The predicted molar refractivity (Wildman–Crippen MR) is 189 cm³/mol. The molecule has 1 aliphatic rings. The molecule has 1 aliphatic heterocycles. The molecule has 1 fully saturated rings. The van der Waals surface area contributed by atoms with Gasteiger partial charge in [0, 0.05) is 30.9 Å². The fraction of sp³-hybridized carbons (Fsp3) is 0.333. The Morgan fingerprint density at radius 2 is 1.43 bits per heavy atom. The van der Waals surface area contributed by atoms with Gasteiger partial charge in [-0.25, -0.2) is 4.79 Å². The second kappa shape index (κ2) is 16.4. The Balaban J connectivity index is 1.24. The summed E-state index contributed by atoms with van der Waals surface area (Å²) < 4.78 is 22.7. The van der Waals surface area contributed by atoms with Crippen molar-refractivity contribution in [3.05, 3.63) is 108 Å². The Hall–Kier alpha value is -5.06. The molecular formula is C39H45N3O7. The van der Waals surface area contributed by atoms with Gasteiger partial charge in [-0.05, 0) is 98.9 Å². The second-order valence-electron chi connectivity index (χ2n) is 12.6. The lowest BCUT2D eigenvalue weighted by atomic mass is 9.73. The molecule has 1 saturated heterocycles. The maximum Gasteiger partial charge on any atom is 0.335 e. The molecule has 258 valence electrons. The van der Waals surface area contributed by atoms with Crippen LogP contribution in [0.5, 0.6) is 28.7 Å². The monoisotopic (exact) mass is 667 g/mol. The van der Waals surface area contributed by atoms with Crippen LogP contribution in [-0.2, 0) is 17.8 Å². The first-order valence-electron chi connectivity index (χ1n) is 16.3. The summed E-state index contributed by atoms with van der Waals surface area (Å²) in [6, 6.07) is 27.8. The maximum absolute atomic E-state index is 13.1. The average Bonchev–Trinajstić information content (AvgIpc) is 3.11. The molecular weight excluding hydrogens is 622 g/mol. The Morgan fingerprint density at radius 3 is 2.00 bits per heavy atom. The number of aromatic carboxylic acids is 1. The Bertz CT molecular complexity index is 1660. The topological polar surface area (TPSA) is 110 Å². The molecule has 1 amide bonds. The van der Waals surface area contributed by atoms with Crippen molar-refractivity contribution in [2.75, 3.05) is 59.9 Å². The van der Waals surface area contributed by atoms with Gasteiger partial charge in [0.25, 0.3) is 0 Å². The molecule has 0 atom stereocenters. The van der Waals surface area contributed by atoms with Gasteiger partial charge >= 0.3 is 5.97 Å². The molecule has 10 nitrogen and oxygen atoms in total. The minimum absolute atomic E-state index is 0.0655. The summed E-state index contributed by atoms with van der Waals surface area (Å²) in [7, 11) is 6.99. The van der Waals surface area contributed by atoms with E-state index in [4.69, 9.17) is 18.9 Å². The molecule has 0 aliphatic carbocycles. The first-order valence-corrected chi connectivity index (χ1v) is 16.3. The Morgan fingerprint density at radius 1 is 0.816 bits per heavy atom. The lowest BCUT2D eigenvalue weighted by Gasteiger charge is -2.44. The number of amides is 1. The highest BCUT2D eigenvalue weighted by Gasteiger charge is 2.36. The van der Waals surface area contributed by atoms with Gasteiger partial charge < -0.3 is 34.3 Å². The van der Waals surface area contributed by atoms with E-state index in [9.17, 15) is 14.7 Å². The number of hydrogen-bond donors (Lipinski definition) is 2. The zero-order chi connectivity index (χ0) is 34.8. The highest BCUT2D eigenvalue weighted by atomic mass is 16.5. The summed E-state index contributed by atoms with van der Waals surface area (Å²) >= 11 is 0. The van der Waals surface area contributed by atoms with E-state index in [-0.39, 0.29) is 16.9 Å². The third-order valence-corrected chi connectivity index (χ3v) is 9.03. The number of anilines is 1. The van der Waals surface area contributed by atoms with Crippen molar-refractivity contribution in [2.45, 2.75) is 25.8 Å². The molecule has 0 radical (unpaired) electrons. The molecule has 0 bridgehead atoms. The Labute approximate surface area is 288 Å². The number of benzene rings is 4. The van der Waals surface area contributed by atoms with Gasteiger partial charge in [-0.2, -0.15) is 0 Å². The van der Waals surface area contributed by atoms with E-state index in [1.54, 1.807) is 33.5 Å². The molecule has 0 unspecified atom stereocenters. The van der Waals surface area contributed by atoms with E-state index < -0.39 is 5.97 Å². The molecule has 0 saturated carbocycles. The van der Waals surface area contributed by atoms with E-state index in [0.29, 0.717) is 41.8 Å². The number of ether oxygens (including phenoxy) is 4. The van der Waals surface area contributed by atoms with Crippen molar-refractivity contribution in [3.8, 4) is 28.7 Å². The third kappa shape index (κ3) is 9.52. The summed E-state index contributed by atoms with van der Waals surface area (Å²) in [6.45, 7) is 3.18. The number of methoxy groups -OCH3 is 3. The van der Waals surface area contributed by atoms with E-state index in [1.165, 1.54) is 0 Å². The molecule has 2 N–H and O–H groups in total. The minimum Gasteiger partial charge on any atom is -0.496 e. The van der Waals surface area contributed by atoms with Crippen LogP contribution in [0.1, 0.15) is 34.3 Å². The normalized spacial score (nSPS) is 14.2. The summed E-state index contributed by atoms with van der Waals surface area (Å²) in [5.74, 6) is 2.50. The lowest BCUT2D eigenvalue weighted by Crippen LogP contribution is -2.48. The van der Waals surface area contributed by atoms with Crippen molar-refractivity contribution in [1.82, 2.24) is 9.80 Å². The second-order valence-corrected chi connectivity index (χ2v) is 12.6. The van der Waals surface area contributed by atoms with Crippen LogP contribution in [0, 0.1) is 5.41 Å². The quantitative estimate of drug-likeness (QED) is 0.145. The minimum atomic E-state index is -0.938. The lowest BCUT2D eigenvalue weighted by molar-refractivity contribution is -0.118. The number of likely N-dealkylation sites (tertiary alicyclic amines) is 1. The van der Waals surface area contributed by atoms with Gasteiger partial charge in [0.2, 0.25) is 5.91 Å². The van der Waals surface area contributed by atoms with Gasteiger partial charge in [-0.3, -0.25) is 9.69 Å². The van der Waals surface area contributed by atoms with Crippen LogP contribution in [0.2, 0.25) is 0 Å². The molecule has 0 spiro atoms. The summed E-state index contributed by atoms with van der Waals surface area (Å²) in [5.41, 5.74) is 2.90. The number of rotatable bonds is 15. The smallest absolute Gasteiger partial charge is 0.335 e. The van der Waals surface area contributed by atoms with Gasteiger partial charge in [-0.1, -0.05) is 30.3 Å². The van der Waals surface area contributed by atoms with Crippen molar-refractivity contribution in [3.63, 3.8) is 0 Å². The number of carbonyl (C=O) groups excluding carboxylic acids is 1. The van der Waals surface area contributed by atoms with Gasteiger partial charge in [0.1, 0.15) is 28.7 Å². The molecule has 5 rings (SSSR count). The van der Waals surface area contributed by atoms with Gasteiger partial charge in [0.15, 0.2) is 0 Å². The maximum atomic E-state index is 13.1. The van der Waals surface area contributed by atoms with Crippen molar-refractivity contribution in [2.24, 2.45) is 5.41 Å². The van der Waals surface area contributed by atoms with E-state index >= 15 is 0 Å². The number of carbonyl (C=O) groups is 2. The van der Waals surface area contributed by atoms with Crippen LogP contribution in [0.25, 0.3) is 0 Å². The molecule has 4 aromatic carbocycles. The highest BCUT2D eigenvalue weighted by Crippen LogP contribution is 2.39. The molecule has 4 aromatic rings. The van der Waals surface area contributed by atoms with E-state index in [1.807, 2.05) is 78.9 Å². The number of para-hydroxylation sites is 1. The number of nitrogens with zero attached hydrogens (tertiary/aromatic N) is 2. The molecule has 0 aromatic heterocycles. The van der Waals surface area contributed by atoms with Crippen molar-refractivity contribution >= 4 is 17.6 Å². The van der Waals surface area contributed by atoms with Crippen LogP contribution in [-0.4, -0.2) is 81.3 Å². The fourth-order valence-corrected chi connectivity index (χ4v) is 6.54. The highest BCUT2D eigenvalue weighted by molar-refractivity contribution is 5.92. The molecule has 10 heteroatoms. The third-order valence-electron chi connectivity index (χ3n) is 9.03. The Kier molecular flexibility index (Phi) is 11.8. The van der Waals surface area contributed by atoms with E-state index in [2.05, 4.69) is 22.2 Å².